The summed E-state index contributed by atoms with van der Waals surface area (Å²) >= 11 is 1.12. The van der Waals surface area contributed by atoms with Gasteiger partial charge in [-0.15, -0.1) is 11.3 Å². The van der Waals surface area contributed by atoms with Gasteiger partial charge in [0.15, 0.2) is 0 Å². The lowest BCUT2D eigenvalue weighted by molar-refractivity contribution is -0.0177. The maximum Gasteiger partial charge on any atom is 0.271 e. The van der Waals surface area contributed by atoms with Crippen LogP contribution in [-0.2, 0) is 21.3 Å². The van der Waals surface area contributed by atoms with Gasteiger partial charge in [0.05, 0.1) is 30.4 Å². The molecule has 0 saturated heterocycles. The van der Waals surface area contributed by atoms with E-state index in [0.29, 0.717) is 25.4 Å². The molecule has 0 aliphatic carbocycles. The molecule has 240 valence electrons. The molecule has 0 bridgehead atoms. The minimum Gasteiger partial charge on any atom is -0.490 e. The molecule has 0 unspecified atom stereocenters. The third-order valence-electron chi connectivity index (χ3n) is 7.85. The summed E-state index contributed by atoms with van der Waals surface area (Å²) in [6.45, 7) is 8.01. The molecule has 4 rings (SSSR count). The Balaban J connectivity index is 1.63. The predicted molar refractivity (Wildman–Crippen MR) is 175 cm³/mol. The molecule has 0 fully saturated rings. The van der Waals surface area contributed by atoms with Crippen LogP contribution in [0.3, 0.4) is 0 Å². The fourth-order valence-electron chi connectivity index (χ4n) is 5.34. The van der Waals surface area contributed by atoms with Crippen LogP contribution in [0.4, 0.5) is 5.69 Å². The van der Waals surface area contributed by atoms with Crippen LogP contribution in [0.25, 0.3) is 0 Å². The van der Waals surface area contributed by atoms with Gasteiger partial charge in [-0.3, -0.25) is 14.4 Å². The first kappa shape index (κ1) is 33.9. The molecule has 1 aromatic heterocycles. The molecule has 0 saturated carbocycles. The van der Waals surface area contributed by atoms with Gasteiger partial charge in [-0.05, 0) is 75.4 Å². The van der Waals surface area contributed by atoms with Crippen molar-refractivity contribution in [2.75, 3.05) is 38.1 Å². The third-order valence-corrected chi connectivity index (χ3v) is 10.6. The molecule has 44 heavy (non-hydrogen) atoms. The van der Waals surface area contributed by atoms with Gasteiger partial charge in [0.25, 0.3) is 15.9 Å². The van der Waals surface area contributed by atoms with Crippen LogP contribution in [-0.4, -0.2) is 80.8 Å². The Morgan fingerprint density at radius 3 is 2.59 bits per heavy atom. The second kappa shape index (κ2) is 15.9. The van der Waals surface area contributed by atoms with E-state index in [2.05, 4.69) is 35.7 Å². The molecule has 0 spiro atoms. The largest absolute Gasteiger partial charge is 0.490 e. The number of nitrogens with one attached hydrogen (secondary N) is 1. The number of rotatable bonds is 9. The number of anilines is 1. The van der Waals surface area contributed by atoms with Crippen molar-refractivity contribution in [2.45, 2.75) is 69.0 Å². The third kappa shape index (κ3) is 9.28. The molecule has 11 heteroatoms. The van der Waals surface area contributed by atoms with Crippen molar-refractivity contribution < 1.29 is 27.8 Å². The molecule has 2 heterocycles. The molecular formula is C33H45N3O6S2. The summed E-state index contributed by atoms with van der Waals surface area (Å²) in [5, 5.41) is 11.9. The average molecular weight is 644 g/mol. The number of aliphatic hydroxyl groups excluding tert-OH is 1. The first-order valence-electron chi connectivity index (χ1n) is 15.2. The number of aliphatic hydroxyl groups is 1. The number of carbonyl (C=O) groups is 1. The number of thiophene rings is 1. The SMILES string of the molecule is C[C@@H]1CN([C@H](C)CO)C(=O)c2cc(NS(=O)(=O)c3cccs3)ccc2O[C@@H](C)CCCCO[C@@H]1CN(C)Cc1ccccc1. The van der Waals surface area contributed by atoms with Crippen LogP contribution in [0.2, 0.25) is 0 Å². The monoisotopic (exact) mass is 643 g/mol. The van der Waals surface area contributed by atoms with E-state index in [-0.39, 0.29) is 46.1 Å². The number of fused-ring (bicyclic) bond motifs is 1. The quantitative estimate of drug-likeness (QED) is 0.318. The van der Waals surface area contributed by atoms with Crippen molar-refractivity contribution in [1.29, 1.82) is 0 Å². The lowest BCUT2D eigenvalue weighted by atomic mass is 10.0. The van der Waals surface area contributed by atoms with Gasteiger partial charge in [-0.2, -0.15) is 0 Å². The number of nitrogens with zero attached hydrogens (tertiary/aromatic N) is 2. The zero-order chi connectivity index (χ0) is 31.7. The minimum absolute atomic E-state index is 0.0575. The highest BCUT2D eigenvalue weighted by atomic mass is 32.2. The first-order chi connectivity index (χ1) is 21.1. The highest BCUT2D eigenvalue weighted by Crippen LogP contribution is 2.30. The van der Waals surface area contributed by atoms with Gasteiger partial charge in [0.1, 0.15) is 9.96 Å². The summed E-state index contributed by atoms with van der Waals surface area (Å²) in [6, 6.07) is 17.8. The van der Waals surface area contributed by atoms with E-state index in [1.807, 2.05) is 25.1 Å². The second-order valence-electron chi connectivity index (χ2n) is 11.7. The highest BCUT2D eigenvalue weighted by molar-refractivity contribution is 7.94. The van der Waals surface area contributed by atoms with E-state index in [1.165, 1.54) is 17.7 Å². The standard InChI is InChI=1S/C33H45N3O6S2/c1-24-20-36(25(2)23-37)33(38)29-19-28(34-44(39,40)32-14-10-18-43-32)15-16-30(29)42-26(3)11-8-9-17-41-31(24)22-35(4)21-27-12-6-5-7-13-27/h5-7,10,12-16,18-19,24-26,31,34,37H,8-9,11,17,20-23H2,1-4H3/t24-,25-,26+,31-/m1/s1. The van der Waals surface area contributed by atoms with Gasteiger partial charge >= 0.3 is 0 Å². The first-order valence-corrected chi connectivity index (χ1v) is 17.6. The molecule has 9 nitrogen and oxygen atoms in total. The Morgan fingerprint density at radius 1 is 1.11 bits per heavy atom. The van der Waals surface area contributed by atoms with E-state index in [0.717, 1.165) is 37.1 Å². The maximum atomic E-state index is 14.3. The summed E-state index contributed by atoms with van der Waals surface area (Å²) in [6.07, 6.45) is 2.23. The van der Waals surface area contributed by atoms with E-state index < -0.39 is 16.1 Å². The molecule has 1 aliphatic rings. The van der Waals surface area contributed by atoms with Gasteiger partial charge in [0, 0.05) is 37.8 Å². The van der Waals surface area contributed by atoms with Gasteiger partial charge in [-0.1, -0.05) is 43.3 Å². The lowest BCUT2D eigenvalue weighted by Crippen LogP contribution is -2.47. The maximum absolute atomic E-state index is 14.3. The number of carbonyl (C=O) groups excluding carboxylic acids is 1. The Morgan fingerprint density at radius 2 is 1.89 bits per heavy atom. The van der Waals surface area contributed by atoms with Crippen molar-refractivity contribution >= 4 is 33.0 Å². The summed E-state index contributed by atoms with van der Waals surface area (Å²) in [5.74, 6) is -0.0130. The molecule has 1 aliphatic heterocycles. The van der Waals surface area contributed by atoms with Crippen molar-refractivity contribution in [3.05, 3.63) is 77.2 Å². The molecule has 3 aromatic rings. The highest BCUT2D eigenvalue weighted by Gasteiger charge is 2.30. The topological polar surface area (TPSA) is 108 Å². The Hall–Kier alpha value is -2.96. The van der Waals surface area contributed by atoms with Crippen LogP contribution in [0, 0.1) is 5.92 Å². The number of likely N-dealkylation sites (N-methyl/N-ethyl adjacent to an activating group) is 1. The van der Waals surface area contributed by atoms with Gasteiger partial charge in [0.2, 0.25) is 0 Å². The molecule has 2 N–H and O–H groups in total. The normalized spacial score (nSPS) is 21.3. The van der Waals surface area contributed by atoms with E-state index >= 15 is 0 Å². The Bertz CT molecular complexity index is 1430. The Labute approximate surface area is 265 Å². The minimum atomic E-state index is -3.82. The van der Waals surface area contributed by atoms with Gasteiger partial charge in [-0.25, -0.2) is 8.42 Å². The van der Waals surface area contributed by atoms with Crippen LogP contribution in [0.5, 0.6) is 5.75 Å². The summed E-state index contributed by atoms with van der Waals surface area (Å²) in [7, 11) is -1.75. The average Bonchev–Trinajstić information content (AvgIpc) is 3.55. The van der Waals surface area contributed by atoms with Crippen molar-refractivity contribution in [2.24, 2.45) is 5.92 Å². The van der Waals surface area contributed by atoms with Crippen LogP contribution < -0.4 is 9.46 Å². The number of amides is 1. The number of hydrogen-bond acceptors (Lipinski definition) is 8. The summed E-state index contributed by atoms with van der Waals surface area (Å²) < 4.78 is 41.4. The zero-order valence-corrected chi connectivity index (χ0v) is 27.6. The van der Waals surface area contributed by atoms with Crippen LogP contribution in [0.1, 0.15) is 56.0 Å². The van der Waals surface area contributed by atoms with E-state index in [1.54, 1.807) is 35.4 Å². The number of hydrogen-bond donors (Lipinski definition) is 2. The number of ether oxygens (including phenoxy) is 2. The van der Waals surface area contributed by atoms with Gasteiger partial charge < -0.3 is 19.5 Å². The van der Waals surface area contributed by atoms with E-state index in [4.69, 9.17) is 9.47 Å². The van der Waals surface area contributed by atoms with Crippen molar-refractivity contribution in [3.8, 4) is 5.75 Å². The van der Waals surface area contributed by atoms with Crippen LogP contribution in [0.15, 0.2) is 70.3 Å². The summed E-state index contributed by atoms with van der Waals surface area (Å²) in [5.41, 5.74) is 1.72. The zero-order valence-electron chi connectivity index (χ0n) is 26.0. The molecule has 4 atom stereocenters. The second-order valence-corrected chi connectivity index (χ2v) is 14.6. The van der Waals surface area contributed by atoms with Crippen LogP contribution >= 0.6 is 11.3 Å². The van der Waals surface area contributed by atoms with Crippen molar-refractivity contribution in [3.63, 3.8) is 0 Å². The fraction of sp³-hybridized carbons (Fsp3) is 0.485. The van der Waals surface area contributed by atoms with Crippen molar-refractivity contribution in [1.82, 2.24) is 9.80 Å². The lowest BCUT2D eigenvalue weighted by Gasteiger charge is -2.36. The fourth-order valence-corrected chi connectivity index (χ4v) is 7.38. The smallest absolute Gasteiger partial charge is 0.271 e. The number of benzene rings is 2. The summed E-state index contributed by atoms with van der Waals surface area (Å²) in [4.78, 5) is 18.2. The Kier molecular flexibility index (Phi) is 12.2. The molecule has 1 amide bonds. The number of sulfonamides is 1. The molecule has 2 aromatic carbocycles. The molecule has 0 radical (unpaired) electrons. The van der Waals surface area contributed by atoms with E-state index in [9.17, 15) is 18.3 Å². The molecular weight excluding hydrogens is 599 g/mol. The predicted octanol–water partition coefficient (Wildman–Crippen LogP) is 5.48.